The van der Waals surface area contributed by atoms with E-state index in [9.17, 15) is 0 Å². The van der Waals surface area contributed by atoms with Crippen LogP contribution >= 0.6 is 0 Å². The fourth-order valence-corrected chi connectivity index (χ4v) is 4.27. The molecule has 0 unspecified atom stereocenters. The van der Waals surface area contributed by atoms with Crippen LogP contribution < -0.4 is 0 Å². The van der Waals surface area contributed by atoms with Gasteiger partial charge in [-0.15, -0.1) is 0 Å². The minimum Gasteiger partial charge on any atom is -0.369 e. The first-order valence-electron chi connectivity index (χ1n) is 5.09. The van der Waals surface area contributed by atoms with Gasteiger partial charge in [-0.25, -0.2) is 0 Å². The van der Waals surface area contributed by atoms with E-state index in [1.54, 1.807) is 12.8 Å². The largest absolute Gasteiger partial charge is 0.369 e. The normalized spacial score (nSPS) is 69.8. The molecule has 0 amide bonds. The molecule has 0 aromatic heterocycles. The molecule has 3 aliphatic carbocycles. The molecule has 6 atom stereocenters. The minimum atomic E-state index is 0.730. The minimum absolute atomic E-state index is 0.730. The van der Waals surface area contributed by atoms with Crippen LogP contribution in [0.5, 0.6) is 0 Å². The van der Waals surface area contributed by atoms with Gasteiger partial charge in [0, 0.05) is 0 Å². The molecule has 4 fully saturated rings. The van der Waals surface area contributed by atoms with E-state index in [0.717, 1.165) is 35.9 Å². The highest BCUT2D eigenvalue weighted by Gasteiger charge is 2.64. The fourth-order valence-electron chi connectivity index (χ4n) is 4.27. The summed E-state index contributed by atoms with van der Waals surface area (Å²) in [7, 11) is 0. The van der Waals surface area contributed by atoms with Crippen molar-refractivity contribution in [1.82, 2.24) is 0 Å². The molecule has 2 bridgehead atoms. The van der Waals surface area contributed by atoms with Crippen molar-refractivity contribution in [3.63, 3.8) is 0 Å². The molecule has 4 rings (SSSR count). The molecule has 1 aliphatic heterocycles. The van der Waals surface area contributed by atoms with Gasteiger partial charge in [-0.2, -0.15) is 0 Å². The van der Waals surface area contributed by atoms with Gasteiger partial charge in [0.2, 0.25) is 0 Å². The van der Waals surface area contributed by atoms with Crippen molar-refractivity contribution in [3.8, 4) is 0 Å². The first-order valence-corrected chi connectivity index (χ1v) is 5.09. The SMILES string of the molecule is C1C[C@@H]2C[C@@H]1[C@H]1C[C@@H]3O[C@@H]3[C@@H]21. The van der Waals surface area contributed by atoms with E-state index in [2.05, 4.69) is 0 Å². The molecule has 11 heavy (non-hydrogen) atoms. The van der Waals surface area contributed by atoms with E-state index in [1.165, 1.54) is 12.8 Å². The number of ether oxygens (including phenoxy) is 1. The molecule has 1 nitrogen and oxygen atoms in total. The second kappa shape index (κ2) is 1.52. The van der Waals surface area contributed by atoms with Crippen LogP contribution in [0.1, 0.15) is 25.7 Å². The fraction of sp³-hybridized carbons (Fsp3) is 1.00. The Kier molecular flexibility index (Phi) is 0.769. The summed E-state index contributed by atoms with van der Waals surface area (Å²) in [6.45, 7) is 0. The van der Waals surface area contributed by atoms with Crippen molar-refractivity contribution in [2.45, 2.75) is 37.9 Å². The molecule has 1 saturated heterocycles. The molecule has 4 aliphatic rings. The average molecular weight is 150 g/mol. The number of fused-ring (bicyclic) bond motifs is 7. The Morgan fingerprint density at radius 2 is 1.91 bits per heavy atom. The Labute approximate surface area is 67.1 Å². The Morgan fingerprint density at radius 3 is 2.82 bits per heavy atom. The van der Waals surface area contributed by atoms with Crippen molar-refractivity contribution in [2.24, 2.45) is 23.7 Å². The van der Waals surface area contributed by atoms with Crippen LogP contribution in [0, 0.1) is 23.7 Å². The van der Waals surface area contributed by atoms with Gasteiger partial charge in [-0.05, 0) is 49.4 Å². The molecule has 0 aromatic carbocycles. The smallest absolute Gasteiger partial charge is 0.0875 e. The van der Waals surface area contributed by atoms with E-state index in [-0.39, 0.29) is 0 Å². The second-order valence-electron chi connectivity index (χ2n) is 4.95. The average Bonchev–Trinajstić information content (AvgIpc) is 2.53. The lowest BCUT2D eigenvalue weighted by Crippen LogP contribution is -2.22. The van der Waals surface area contributed by atoms with Gasteiger partial charge < -0.3 is 4.74 Å². The van der Waals surface area contributed by atoms with Gasteiger partial charge in [-0.3, -0.25) is 0 Å². The summed E-state index contributed by atoms with van der Waals surface area (Å²) in [4.78, 5) is 0. The maximum Gasteiger partial charge on any atom is 0.0875 e. The highest BCUT2D eigenvalue weighted by Crippen LogP contribution is 2.64. The summed E-state index contributed by atoms with van der Waals surface area (Å²) in [5.74, 6) is 4.35. The number of hydrogen-bond acceptors (Lipinski definition) is 1. The van der Waals surface area contributed by atoms with Crippen LogP contribution in [0.4, 0.5) is 0 Å². The molecule has 0 N–H and O–H groups in total. The number of epoxide rings is 1. The molecule has 3 saturated carbocycles. The third-order valence-corrected chi connectivity index (χ3v) is 4.66. The van der Waals surface area contributed by atoms with Crippen LogP contribution in [0.3, 0.4) is 0 Å². The highest BCUT2D eigenvalue weighted by molar-refractivity contribution is 5.12. The van der Waals surface area contributed by atoms with Crippen LogP contribution in [0.25, 0.3) is 0 Å². The summed E-state index contributed by atoms with van der Waals surface area (Å²) in [5, 5.41) is 0. The number of hydrogen-bond donors (Lipinski definition) is 0. The third-order valence-electron chi connectivity index (χ3n) is 4.66. The van der Waals surface area contributed by atoms with E-state index in [0.29, 0.717) is 0 Å². The molecule has 0 aromatic rings. The summed E-state index contributed by atoms with van der Waals surface area (Å²) in [6, 6.07) is 0. The molecule has 1 heteroatoms. The topological polar surface area (TPSA) is 12.5 Å². The lowest BCUT2D eigenvalue weighted by atomic mass is 9.81. The van der Waals surface area contributed by atoms with E-state index in [4.69, 9.17) is 4.74 Å². The maximum absolute atomic E-state index is 5.62. The summed E-state index contributed by atoms with van der Waals surface area (Å²) in [5.41, 5.74) is 0. The summed E-state index contributed by atoms with van der Waals surface area (Å²) >= 11 is 0. The van der Waals surface area contributed by atoms with Crippen LogP contribution in [0.15, 0.2) is 0 Å². The monoisotopic (exact) mass is 150 g/mol. The first kappa shape index (κ1) is 5.58. The van der Waals surface area contributed by atoms with Gasteiger partial charge in [0.15, 0.2) is 0 Å². The zero-order chi connectivity index (χ0) is 7.00. The van der Waals surface area contributed by atoms with Crippen molar-refractivity contribution >= 4 is 0 Å². The molecule has 1 heterocycles. The van der Waals surface area contributed by atoms with E-state index < -0.39 is 0 Å². The predicted octanol–water partition coefficient (Wildman–Crippen LogP) is 1.82. The molecule has 0 spiro atoms. The van der Waals surface area contributed by atoms with Gasteiger partial charge in [-0.1, -0.05) is 0 Å². The van der Waals surface area contributed by atoms with Crippen LogP contribution in [-0.4, -0.2) is 12.2 Å². The van der Waals surface area contributed by atoms with Crippen molar-refractivity contribution < 1.29 is 4.74 Å². The van der Waals surface area contributed by atoms with Gasteiger partial charge in [0.25, 0.3) is 0 Å². The number of rotatable bonds is 0. The lowest BCUT2D eigenvalue weighted by Gasteiger charge is -2.25. The molecule has 60 valence electrons. The zero-order valence-corrected chi connectivity index (χ0v) is 6.70. The van der Waals surface area contributed by atoms with E-state index in [1.807, 2.05) is 0 Å². The summed E-state index contributed by atoms with van der Waals surface area (Å²) in [6.07, 6.45) is 7.53. The molecular weight excluding hydrogens is 136 g/mol. The van der Waals surface area contributed by atoms with Crippen molar-refractivity contribution in [1.29, 1.82) is 0 Å². The van der Waals surface area contributed by atoms with Gasteiger partial charge >= 0.3 is 0 Å². The van der Waals surface area contributed by atoms with Crippen LogP contribution in [-0.2, 0) is 4.74 Å². The predicted molar refractivity (Wildman–Crippen MR) is 41.1 cm³/mol. The van der Waals surface area contributed by atoms with Crippen LogP contribution in [0.2, 0.25) is 0 Å². The van der Waals surface area contributed by atoms with Gasteiger partial charge in [0.05, 0.1) is 12.2 Å². The quantitative estimate of drug-likeness (QED) is 0.480. The first-order chi connectivity index (χ1) is 5.43. The molecule has 0 radical (unpaired) electrons. The Balaban J connectivity index is 1.76. The third kappa shape index (κ3) is 0.516. The van der Waals surface area contributed by atoms with Crippen molar-refractivity contribution in [3.05, 3.63) is 0 Å². The lowest BCUT2D eigenvalue weighted by molar-refractivity contribution is 0.147. The van der Waals surface area contributed by atoms with E-state index >= 15 is 0 Å². The maximum atomic E-state index is 5.62. The second-order valence-corrected chi connectivity index (χ2v) is 4.95. The van der Waals surface area contributed by atoms with Gasteiger partial charge in [0.1, 0.15) is 0 Å². The highest BCUT2D eigenvalue weighted by atomic mass is 16.6. The molecular formula is C10H14O. The Morgan fingerprint density at radius 1 is 1.00 bits per heavy atom. The zero-order valence-electron chi connectivity index (χ0n) is 6.70. The Hall–Kier alpha value is -0.0400. The standard InChI is InChI=1S/C10H14O/c1-2-6-3-5(1)7-4-8-10(11-8)9(6)7/h5-10H,1-4H2/t5-,6-,7-,8+,9+,10+/m1/s1. The summed E-state index contributed by atoms with van der Waals surface area (Å²) < 4.78 is 5.62. The van der Waals surface area contributed by atoms with Crippen molar-refractivity contribution in [2.75, 3.05) is 0 Å². The Bertz CT molecular complexity index is 213.